The summed E-state index contributed by atoms with van der Waals surface area (Å²) in [4.78, 5) is 14.9. The molecule has 2 N–H and O–H groups in total. The lowest BCUT2D eigenvalue weighted by Gasteiger charge is -2.37. The molecule has 1 saturated heterocycles. The van der Waals surface area contributed by atoms with Crippen LogP contribution in [0.15, 0.2) is 11.4 Å². The van der Waals surface area contributed by atoms with Gasteiger partial charge >= 0.3 is 0 Å². The molecule has 20 heavy (non-hydrogen) atoms. The van der Waals surface area contributed by atoms with E-state index >= 15 is 0 Å². The third-order valence-corrected chi connectivity index (χ3v) is 4.03. The number of amides is 1. The third kappa shape index (κ3) is 3.19. The molecule has 0 aliphatic carbocycles. The predicted molar refractivity (Wildman–Crippen MR) is 75.6 cm³/mol. The Kier molecular flexibility index (Phi) is 5.15. The standard InChI is InChI=1S/C14H17NO4S/c1-10-9-19-12(8-17)7-15(10)14(18)13-11(3-2-5-16)4-6-20-13/h4,6,10,12,16-17H,5,7-9H2,1H3. The van der Waals surface area contributed by atoms with Gasteiger partial charge in [-0.25, -0.2) is 0 Å². The van der Waals surface area contributed by atoms with Gasteiger partial charge in [-0.1, -0.05) is 11.8 Å². The van der Waals surface area contributed by atoms with Gasteiger partial charge in [0, 0.05) is 12.1 Å². The molecule has 1 aromatic heterocycles. The van der Waals surface area contributed by atoms with Gasteiger partial charge in [0.15, 0.2) is 0 Å². The number of ether oxygens (including phenoxy) is 1. The van der Waals surface area contributed by atoms with Crippen molar-refractivity contribution in [1.29, 1.82) is 0 Å². The molecular formula is C14H17NO4S. The van der Waals surface area contributed by atoms with Crippen LogP contribution >= 0.6 is 11.3 Å². The highest BCUT2D eigenvalue weighted by molar-refractivity contribution is 7.12. The second-order valence-electron chi connectivity index (χ2n) is 4.57. The summed E-state index contributed by atoms with van der Waals surface area (Å²) in [7, 11) is 0. The van der Waals surface area contributed by atoms with Crippen molar-refractivity contribution in [3.05, 3.63) is 21.9 Å². The lowest BCUT2D eigenvalue weighted by atomic mass is 10.1. The van der Waals surface area contributed by atoms with E-state index in [1.54, 1.807) is 11.0 Å². The summed E-state index contributed by atoms with van der Waals surface area (Å²) in [5.41, 5.74) is 0.633. The van der Waals surface area contributed by atoms with Crippen LogP contribution in [0.25, 0.3) is 0 Å². The number of thiophene rings is 1. The zero-order chi connectivity index (χ0) is 14.5. The van der Waals surface area contributed by atoms with Crippen molar-refractivity contribution in [2.24, 2.45) is 0 Å². The summed E-state index contributed by atoms with van der Waals surface area (Å²) >= 11 is 1.33. The quantitative estimate of drug-likeness (QED) is 0.771. The van der Waals surface area contributed by atoms with E-state index in [0.717, 1.165) is 0 Å². The van der Waals surface area contributed by atoms with Crippen LogP contribution in [0.1, 0.15) is 22.2 Å². The summed E-state index contributed by atoms with van der Waals surface area (Å²) in [5.74, 6) is 5.24. The molecule has 0 spiro atoms. The van der Waals surface area contributed by atoms with Gasteiger partial charge in [0.05, 0.1) is 25.4 Å². The molecule has 2 heterocycles. The van der Waals surface area contributed by atoms with Crippen LogP contribution in [0.3, 0.4) is 0 Å². The van der Waals surface area contributed by atoms with Crippen molar-refractivity contribution in [2.45, 2.75) is 19.1 Å². The molecule has 6 heteroatoms. The van der Waals surface area contributed by atoms with E-state index in [4.69, 9.17) is 14.9 Å². The molecule has 2 unspecified atom stereocenters. The van der Waals surface area contributed by atoms with Gasteiger partial charge in [0.2, 0.25) is 0 Å². The second-order valence-corrected chi connectivity index (χ2v) is 5.48. The molecule has 1 aliphatic heterocycles. The normalized spacial score (nSPS) is 22.2. The molecule has 2 rings (SSSR count). The van der Waals surface area contributed by atoms with Crippen LogP contribution in [0.4, 0.5) is 0 Å². The monoisotopic (exact) mass is 295 g/mol. The molecule has 0 saturated carbocycles. The first-order valence-corrected chi connectivity index (χ1v) is 7.26. The lowest BCUT2D eigenvalue weighted by molar-refractivity contribution is -0.0666. The van der Waals surface area contributed by atoms with Gasteiger partial charge in [0.1, 0.15) is 11.5 Å². The molecule has 1 aromatic rings. The maximum Gasteiger partial charge on any atom is 0.265 e. The zero-order valence-corrected chi connectivity index (χ0v) is 12.0. The Labute approximate surface area is 121 Å². The van der Waals surface area contributed by atoms with Crippen LogP contribution in [0.2, 0.25) is 0 Å². The highest BCUT2D eigenvalue weighted by Gasteiger charge is 2.31. The Morgan fingerprint density at radius 1 is 1.60 bits per heavy atom. The topological polar surface area (TPSA) is 70.0 Å². The minimum absolute atomic E-state index is 0.0361. The predicted octanol–water partition coefficient (Wildman–Crippen LogP) is 0.314. The van der Waals surface area contributed by atoms with Gasteiger partial charge in [-0.15, -0.1) is 11.3 Å². The smallest absolute Gasteiger partial charge is 0.265 e. The third-order valence-electron chi connectivity index (χ3n) is 3.13. The minimum Gasteiger partial charge on any atom is -0.394 e. The summed E-state index contributed by atoms with van der Waals surface area (Å²) in [6.45, 7) is 2.38. The number of hydrogen-bond acceptors (Lipinski definition) is 5. The molecule has 0 radical (unpaired) electrons. The van der Waals surface area contributed by atoms with Gasteiger partial charge < -0.3 is 19.8 Å². The second kappa shape index (κ2) is 6.86. The van der Waals surface area contributed by atoms with Crippen LogP contribution in [-0.2, 0) is 4.74 Å². The van der Waals surface area contributed by atoms with Crippen molar-refractivity contribution < 1.29 is 19.7 Å². The molecule has 1 amide bonds. The van der Waals surface area contributed by atoms with Gasteiger partial charge in [-0.05, 0) is 18.4 Å². The SMILES string of the molecule is CC1COC(CO)CN1C(=O)c1sccc1C#CCO. The first-order valence-electron chi connectivity index (χ1n) is 6.38. The number of aliphatic hydroxyl groups is 2. The molecule has 108 valence electrons. The fourth-order valence-corrected chi connectivity index (χ4v) is 2.85. The Balaban J connectivity index is 2.19. The summed E-state index contributed by atoms with van der Waals surface area (Å²) in [5, 5.41) is 19.7. The van der Waals surface area contributed by atoms with Crippen molar-refractivity contribution in [1.82, 2.24) is 4.90 Å². The largest absolute Gasteiger partial charge is 0.394 e. The van der Waals surface area contributed by atoms with Gasteiger partial charge in [0.25, 0.3) is 5.91 Å². The van der Waals surface area contributed by atoms with Crippen molar-refractivity contribution in [3.8, 4) is 11.8 Å². The van der Waals surface area contributed by atoms with Gasteiger partial charge in [-0.3, -0.25) is 4.79 Å². The van der Waals surface area contributed by atoms with Crippen LogP contribution in [0, 0.1) is 11.8 Å². The number of aliphatic hydroxyl groups excluding tert-OH is 2. The maximum atomic E-state index is 12.6. The molecule has 0 bridgehead atoms. The molecule has 0 aromatic carbocycles. The Hall–Kier alpha value is -1.39. The number of rotatable bonds is 2. The summed E-state index contributed by atoms with van der Waals surface area (Å²) in [6.07, 6.45) is -0.331. The fourth-order valence-electron chi connectivity index (χ4n) is 2.05. The van der Waals surface area contributed by atoms with Gasteiger partial charge in [-0.2, -0.15) is 0 Å². The number of hydrogen-bond donors (Lipinski definition) is 2. The van der Waals surface area contributed by atoms with E-state index in [2.05, 4.69) is 11.8 Å². The first kappa shape index (κ1) is 15.0. The van der Waals surface area contributed by atoms with Crippen LogP contribution in [0.5, 0.6) is 0 Å². The van der Waals surface area contributed by atoms with Crippen molar-refractivity contribution >= 4 is 17.2 Å². The molecule has 1 fully saturated rings. The van der Waals surface area contributed by atoms with Crippen molar-refractivity contribution in [3.63, 3.8) is 0 Å². The molecule has 5 nitrogen and oxygen atoms in total. The van der Waals surface area contributed by atoms with E-state index in [0.29, 0.717) is 23.6 Å². The minimum atomic E-state index is -0.331. The van der Waals surface area contributed by atoms with E-state index in [-0.39, 0.29) is 31.3 Å². The Bertz CT molecular complexity index is 531. The number of carbonyl (C=O) groups excluding carboxylic acids is 1. The highest BCUT2D eigenvalue weighted by Crippen LogP contribution is 2.22. The Morgan fingerprint density at radius 2 is 2.40 bits per heavy atom. The fraction of sp³-hybridized carbons (Fsp3) is 0.500. The van der Waals surface area contributed by atoms with Crippen LogP contribution < -0.4 is 0 Å². The summed E-state index contributed by atoms with van der Waals surface area (Å²) in [6, 6.07) is 1.74. The molecule has 2 atom stereocenters. The van der Waals surface area contributed by atoms with Crippen LogP contribution in [-0.4, -0.2) is 59.5 Å². The van der Waals surface area contributed by atoms with E-state index < -0.39 is 0 Å². The number of carbonyl (C=O) groups is 1. The average molecular weight is 295 g/mol. The maximum absolute atomic E-state index is 12.6. The average Bonchev–Trinajstić information content (AvgIpc) is 2.93. The van der Waals surface area contributed by atoms with E-state index in [1.807, 2.05) is 12.3 Å². The molecule has 1 aliphatic rings. The lowest BCUT2D eigenvalue weighted by Crippen LogP contribution is -2.52. The Morgan fingerprint density at radius 3 is 3.10 bits per heavy atom. The van der Waals surface area contributed by atoms with E-state index in [9.17, 15) is 4.79 Å². The van der Waals surface area contributed by atoms with E-state index in [1.165, 1.54) is 11.3 Å². The number of nitrogens with zero attached hydrogens (tertiary/aromatic N) is 1. The number of morpholine rings is 1. The summed E-state index contributed by atoms with van der Waals surface area (Å²) < 4.78 is 5.43. The first-order chi connectivity index (χ1) is 9.67. The highest BCUT2D eigenvalue weighted by atomic mass is 32.1. The molecular weight excluding hydrogens is 278 g/mol. The van der Waals surface area contributed by atoms with Crippen molar-refractivity contribution in [2.75, 3.05) is 26.4 Å². The zero-order valence-electron chi connectivity index (χ0n) is 11.2.